The van der Waals surface area contributed by atoms with Gasteiger partial charge >= 0.3 is 0 Å². The second-order valence-electron chi connectivity index (χ2n) is 6.76. The minimum atomic E-state index is -1.07. The monoisotopic (exact) mass is 461 g/mol. The van der Waals surface area contributed by atoms with E-state index in [9.17, 15) is 18.8 Å². The van der Waals surface area contributed by atoms with Crippen LogP contribution in [0.2, 0.25) is 10.0 Å². The number of halogens is 3. The highest BCUT2D eigenvalue weighted by atomic mass is 35.5. The molecule has 0 saturated heterocycles. The molecule has 1 atom stereocenters. The average Bonchev–Trinajstić information content (AvgIpc) is 2.68. The zero-order valence-corrected chi connectivity index (χ0v) is 17.1. The van der Waals surface area contributed by atoms with Gasteiger partial charge in [0.05, 0.1) is 11.5 Å². The number of hydrogen-bond donors (Lipinski definition) is 4. The first-order valence-corrected chi connectivity index (χ1v) is 9.78. The van der Waals surface area contributed by atoms with Crippen molar-refractivity contribution in [1.29, 1.82) is 0 Å². The van der Waals surface area contributed by atoms with Crippen LogP contribution in [0.25, 0.3) is 0 Å². The molecule has 31 heavy (non-hydrogen) atoms. The van der Waals surface area contributed by atoms with Crippen molar-refractivity contribution in [2.24, 2.45) is 0 Å². The van der Waals surface area contributed by atoms with Gasteiger partial charge in [-0.1, -0.05) is 23.2 Å². The lowest BCUT2D eigenvalue weighted by molar-refractivity contribution is -0.123. The summed E-state index contributed by atoms with van der Waals surface area (Å²) in [6.07, 6.45) is -0.235. The summed E-state index contributed by atoms with van der Waals surface area (Å²) in [6.45, 7) is 0. The van der Waals surface area contributed by atoms with Crippen LogP contribution in [-0.2, 0) is 9.59 Å². The molecule has 1 aliphatic rings. The molecule has 4 N–H and O–H groups in total. The Morgan fingerprint density at radius 3 is 2.42 bits per heavy atom. The third-order valence-electron chi connectivity index (χ3n) is 4.50. The van der Waals surface area contributed by atoms with E-state index in [0.29, 0.717) is 21.4 Å². The Bertz CT molecular complexity index is 1230. The summed E-state index contributed by atoms with van der Waals surface area (Å²) in [6, 6.07) is 9.82. The molecule has 0 bridgehead atoms. The largest absolute Gasteiger partial charge is 0.326 e. The number of nitrogens with one attached hydrogen (secondary N) is 4. The number of aromatic amines is 1. The Morgan fingerprint density at radius 2 is 1.74 bits per heavy atom. The first kappa shape index (κ1) is 20.8. The highest BCUT2D eigenvalue weighted by Gasteiger charge is 2.34. The van der Waals surface area contributed by atoms with Crippen molar-refractivity contribution in [2.45, 2.75) is 12.3 Å². The number of amides is 2. The van der Waals surface area contributed by atoms with Crippen LogP contribution in [0.4, 0.5) is 27.5 Å². The fourth-order valence-electron chi connectivity index (χ4n) is 3.18. The third-order valence-corrected chi connectivity index (χ3v) is 4.94. The Labute approximate surface area is 184 Å². The van der Waals surface area contributed by atoms with Gasteiger partial charge in [0, 0.05) is 27.8 Å². The molecule has 158 valence electrons. The number of H-pyrrole nitrogens is 1. The number of anilines is 4. The Balaban J connectivity index is 1.64. The molecule has 3 aromatic rings. The fraction of sp³-hybridized carbons (Fsp3) is 0.100. The van der Waals surface area contributed by atoms with Crippen LogP contribution in [0.3, 0.4) is 0 Å². The molecule has 1 aliphatic heterocycles. The first-order valence-electron chi connectivity index (χ1n) is 9.02. The van der Waals surface area contributed by atoms with Crippen molar-refractivity contribution in [2.75, 3.05) is 16.0 Å². The van der Waals surface area contributed by atoms with Gasteiger partial charge in [-0.3, -0.25) is 19.4 Å². The molecule has 0 aliphatic carbocycles. The Morgan fingerprint density at radius 1 is 1.06 bits per heavy atom. The molecule has 0 spiro atoms. The molecule has 8 nitrogen and oxygen atoms in total. The van der Waals surface area contributed by atoms with Crippen LogP contribution < -0.4 is 21.5 Å². The maximum atomic E-state index is 13.1. The maximum absolute atomic E-state index is 13.1. The molecule has 0 saturated carbocycles. The number of hydrogen-bond acceptors (Lipinski definition) is 5. The second-order valence-corrected chi connectivity index (χ2v) is 7.63. The van der Waals surface area contributed by atoms with Gasteiger partial charge in [0.2, 0.25) is 17.8 Å². The second kappa shape index (κ2) is 8.37. The van der Waals surface area contributed by atoms with Crippen molar-refractivity contribution in [3.63, 3.8) is 0 Å². The lowest BCUT2D eigenvalue weighted by Gasteiger charge is -2.23. The molecule has 2 amide bonds. The minimum Gasteiger partial charge on any atom is -0.326 e. The highest BCUT2D eigenvalue weighted by molar-refractivity contribution is 6.35. The van der Waals surface area contributed by atoms with E-state index < -0.39 is 29.1 Å². The number of carbonyl (C=O) groups is 2. The van der Waals surface area contributed by atoms with Gasteiger partial charge in [0.1, 0.15) is 11.6 Å². The van der Waals surface area contributed by atoms with Crippen LogP contribution >= 0.6 is 23.2 Å². The first-order chi connectivity index (χ1) is 14.8. The van der Waals surface area contributed by atoms with E-state index in [-0.39, 0.29) is 23.8 Å². The van der Waals surface area contributed by atoms with Crippen molar-refractivity contribution in [1.82, 2.24) is 9.97 Å². The van der Waals surface area contributed by atoms with Gasteiger partial charge in [0.25, 0.3) is 5.56 Å². The van der Waals surface area contributed by atoms with Crippen molar-refractivity contribution in [3.8, 4) is 0 Å². The smallest absolute Gasteiger partial charge is 0.258 e. The molecule has 1 unspecified atom stereocenters. The predicted molar refractivity (Wildman–Crippen MR) is 116 cm³/mol. The topological polar surface area (TPSA) is 116 Å². The zero-order valence-electron chi connectivity index (χ0n) is 15.6. The fourth-order valence-corrected chi connectivity index (χ4v) is 3.71. The van der Waals surface area contributed by atoms with Crippen LogP contribution in [-0.4, -0.2) is 21.8 Å². The summed E-state index contributed by atoms with van der Waals surface area (Å²) < 4.78 is 13.1. The summed E-state index contributed by atoms with van der Waals surface area (Å²) in [5.41, 5.74) is 0.224. The maximum Gasteiger partial charge on any atom is 0.258 e. The Hall–Kier alpha value is -3.43. The number of fused-ring (bicyclic) bond motifs is 1. The van der Waals surface area contributed by atoms with Gasteiger partial charge in [-0.05, 0) is 42.5 Å². The molecule has 0 fully saturated rings. The molecule has 2 heterocycles. The van der Waals surface area contributed by atoms with Gasteiger partial charge in [-0.15, -0.1) is 0 Å². The van der Waals surface area contributed by atoms with E-state index in [2.05, 4.69) is 25.9 Å². The van der Waals surface area contributed by atoms with Gasteiger partial charge in [-0.2, -0.15) is 4.98 Å². The summed E-state index contributed by atoms with van der Waals surface area (Å²) in [5, 5.41) is 8.71. The van der Waals surface area contributed by atoms with Crippen molar-refractivity contribution in [3.05, 3.63) is 74.2 Å². The van der Waals surface area contributed by atoms with Gasteiger partial charge in [-0.25, -0.2) is 4.39 Å². The van der Waals surface area contributed by atoms with Crippen LogP contribution in [0.5, 0.6) is 0 Å². The molecular formula is C20H14Cl2FN5O3. The summed E-state index contributed by atoms with van der Waals surface area (Å²) in [5.74, 6) is -2.59. The lowest BCUT2D eigenvalue weighted by atomic mass is 9.92. The van der Waals surface area contributed by atoms with E-state index >= 15 is 0 Å². The molecule has 2 aromatic carbocycles. The number of rotatable bonds is 4. The summed E-state index contributed by atoms with van der Waals surface area (Å²) in [4.78, 5) is 44.4. The minimum absolute atomic E-state index is 0.0221. The molecule has 1 aromatic heterocycles. The van der Waals surface area contributed by atoms with Crippen LogP contribution in [0, 0.1) is 5.82 Å². The summed E-state index contributed by atoms with van der Waals surface area (Å²) in [7, 11) is 0. The van der Waals surface area contributed by atoms with Gasteiger partial charge in [0.15, 0.2) is 0 Å². The van der Waals surface area contributed by atoms with E-state index in [1.807, 2.05) is 0 Å². The van der Waals surface area contributed by atoms with Gasteiger partial charge < -0.3 is 16.0 Å². The number of aromatic nitrogens is 2. The van der Waals surface area contributed by atoms with E-state index in [0.717, 1.165) is 0 Å². The van der Waals surface area contributed by atoms with E-state index in [1.165, 1.54) is 24.3 Å². The number of carbonyl (C=O) groups excluding carboxylic acids is 2. The molecule has 0 radical (unpaired) electrons. The van der Waals surface area contributed by atoms with Crippen LogP contribution in [0.15, 0.2) is 47.3 Å². The quantitative estimate of drug-likeness (QED) is 0.468. The molecule has 4 rings (SSSR count). The zero-order chi connectivity index (χ0) is 22.1. The van der Waals surface area contributed by atoms with Crippen molar-refractivity contribution < 1.29 is 14.0 Å². The van der Waals surface area contributed by atoms with Crippen LogP contribution in [0.1, 0.15) is 17.9 Å². The SMILES string of the molecule is O=C1CC(C(=O)Nc2ccc(F)cc2)c2c(nc(Nc3cc(Cl)cc(Cl)c3)[nH]c2=O)N1. The van der Waals surface area contributed by atoms with E-state index in [1.54, 1.807) is 18.2 Å². The van der Waals surface area contributed by atoms with Crippen molar-refractivity contribution >= 4 is 58.2 Å². The number of nitrogens with zero attached hydrogens (tertiary/aromatic N) is 1. The van der Waals surface area contributed by atoms with E-state index in [4.69, 9.17) is 23.2 Å². The summed E-state index contributed by atoms with van der Waals surface area (Å²) >= 11 is 11.9. The lowest BCUT2D eigenvalue weighted by Crippen LogP contribution is -2.36. The molecule has 11 heteroatoms. The standard InChI is InChI=1S/C20H14Cl2FN5O3/c21-9-5-10(22)7-13(6-9)25-20-27-17-16(19(31)28-20)14(8-15(29)26-17)18(30)24-12-3-1-11(23)2-4-12/h1-7,14H,8H2,(H,24,30)(H3,25,26,27,28,29,31). The normalized spacial score (nSPS) is 15.1. The number of benzene rings is 2. The highest BCUT2D eigenvalue weighted by Crippen LogP contribution is 2.31. The predicted octanol–water partition coefficient (Wildman–Crippen LogP) is 4.02. The average molecular weight is 462 g/mol. The Kier molecular flexibility index (Phi) is 5.62. The molecular weight excluding hydrogens is 448 g/mol. The third kappa shape index (κ3) is 4.68.